The largest absolute Gasteiger partial charge is 0.358 e. The molecule has 5 heteroatoms. The van der Waals surface area contributed by atoms with Gasteiger partial charge in [0.05, 0.1) is 0 Å². The standard InChI is InChI=1S/C14H19N3O2/c1-10(18)11-2-4-12(5-3-11)17-9-8-16-14(19)13(17)6-7-15/h2-5,13H,6-9,15H2,1H3,(H,16,19). The first kappa shape index (κ1) is 13.5. The Hall–Kier alpha value is -1.88. The van der Waals surface area contributed by atoms with Gasteiger partial charge in [0.1, 0.15) is 6.04 Å². The highest BCUT2D eigenvalue weighted by molar-refractivity contribution is 5.94. The third-order valence-corrected chi connectivity index (χ3v) is 3.38. The molecule has 102 valence electrons. The van der Waals surface area contributed by atoms with Crippen LogP contribution in [-0.2, 0) is 4.79 Å². The number of nitrogens with one attached hydrogen (secondary N) is 1. The Labute approximate surface area is 112 Å². The molecule has 5 nitrogen and oxygen atoms in total. The number of rotatable bonds is 4. The van der Waals surface area contributed by atoms with E-state index in [9.17, 15) is 9.59 Å². The molecule has 0 saturated carbocycles. The van der Waals surface area contributed by atoms with Gasteiger partial charge in [0, 0.05) is 24.3 Å². The predicted molar refractivity (Wildman–Crippen MR) is 74.3 cm³/mol. The van der Waals surface area contributed by atoms with Crippen LogP contribution in [0.3, 0.4) is 0 Å². The lowest BCUT2D eigenvalue weighted by Gasteiger charge is -2.36. The number of amides is 1. The Kier molecular flexibility index (Phi) is 4.16. The highest BCUT2D eigenvalue weighted by Crippen LogP contribution is 2.21. The van der Waals surface area contributed by atoms with E-state index < -0.39 is 0 Å². The molecule has 19 heavy (non-hydrogen) atoms. The molecule has 1 atom stereocenters. The van der Waals surface area contributed by atoms with Gasteiger partial charge in [0.15, 0.2) is 5.78 Å². The van der Waals surface area contributed by atoms with Crippen molar-refractivity contribution >= 4 is 17.4 Å². The highest BCUT2D eigenvalue weighted by Gasteiger charge is 2.28. The third-order valence-electron chi connectivity index (χ3n) is 3.38. The Morgan fingerprint density at radius 3 is 2.68 bits per heavy atom. The van der Waals surface area contributed by atoms with Crippen LogP contribution in [-0.4, -0.2) is 37.4 Å². The monoisotopic (exact) mass is 261 g/mol. The number of nitrogens with two attached hydrogens (primary N) is 1. The number of Topliss-reactive ketones (excluding diaryl/α,β-unsaturated/α-hetero) is 1. The number of hydrogen-bond donors (Lipinski definition) is 2. The molecule has 1 aliphatic heterocycles. The van der Waals surface area contributed by atoms with Crippen molar-refractivity contribution in [2.75, 3.05) is 24.5 Å². The van der Waals surface area contributed by atoms with Crippen molar-refractivity contribution in [3.63, 3.8) is 0 Å². The average Bonchev–Trinajstić information content (AvgIpc) is 2.41. The smallest absolute Gasteiger partial charge is 0.242 e. The highest BCUT2D eigenvalue weighted by atomic mass is 16.2. The van der Waals surface area contributed by atoms with E-state index in [-0.39, 0.29) is 17.7 Å². The number of carbonyl (C=O) groups is 2. The van der Waals surface area contributed by atoms with Gasteiger partial charge in [0.25, 0.3) is 0 Å². The van der Waals surface area contributed by atoms with Crippen molar-refractivity contribution < 1.29 is 9.59 Å². The van der Waals surface area contributed by atoms with E-state index >= 15 is 0 Å². The minimum absolute atomic E-state index is 0.0207. The maximum absolute atomic E-state index is 11.9. The number of nitrogens with zero attached hydrogens (tertiary/aromatic N) is 1. The lowest BCUT2D eigenvalue weighted by Crippen LogP contribution is -2.56. The van der Waals surface area contributed by atoms with Gasteiger partial charge in [-0.25, -0.2) is 0 Å². The number of ketones is 1. The summed E-state index contributed by atoms with van der Waals surface area (Å²) in [6.45, 7) is 3.41. The lowest BCUT2D eigenvalue weighted by molar-refractivity contribution is -0.123. The van der Waals surface area contributed by atoms with Crippen LogP contribution in [0.15, 0.2) is 24.3 Å². The molecule has 1 unspecified atom stereocenters. The van der Waals surface area contributed by atoms with E-state index in [2.05, 4.69) is 10.2 Å². The molecule has 0 radical (unpaired) electrons. The second-order valence-corrected chi connectivity index (χ2v) is 4.68. The first-order valence-electron chi connectivity index (χ1n) is 6.49. The zero-order valence-corrected chi connectivity index (χ0v) is 11.1. The number of anilines is 1. The summed E-state index contributed by atoms with van der Waals surface area (Å²) in [6.07, 6.45) is 0.625. The van der Waals surface area contributed by atoms with E-state index in [4.69, 9.17) is 5.73 Å². The molecule has 1 fully saturated rings. The molecule has 1 aromatic rings. The molecular weight excluding hydrogens is 242 g/mol. The summed E-state index contributed by atoms with van der Waals surface area (Å²) in [4.78, 5) is 25.2. The minimum atomic E-state index is -0.220. The van der Waals surface area contributed by atoms with Gasteiger partial charge in [0.2, 0.25) is 5.91 Å². The summed E-state index contributed by atoms with van der Waals surface area (Å²) in [5.74, 6) is 0.0637. The number of benzene rings is 1. The topological polar surface area (TPSA) is 75.4 Å². The summed E-state index contributed by atoms with van der Waals surface area (Å²) in [6, 6.07) is 7.15. The van der Waals surface area contributed by atoms with Crippen molar-refractivity contribution in [2.45, 2.75) is 19.4 Å². The molecule has 0 bridgehead atoms. The summed E-state index contributed by atoms with van der Waals surface area (Å²) in [5, 5.41) is 2.86. The Bertz CT molecular complexity index is 470. The molecule has 1 saturated heterocycles. The van der Waals surface area contributed by atoms with Gasteiger partial charge in [-0.05, 0) is 44.2 Å². The van der Waals surface area contributed by atoms with Crippen LogP contribution < -0.4 is 16.0 Å². The van der Waals surface area contributed by atoms with Gasteiger partial charge in [-0.2, -0.15) is 0 Å². The predicted octanol–water partition coefficient (Wildman–Crippen LogP) is 0.543. The van der Waals surface area contributed by atoms with Gasteiger partial charge >= 0.3 is 0 Å². The molecule has 1 aromatic carbocycles. The SMILES string of the molecule is CC(=O)c1ccc(N2CCNC(=O)C2CCN)cc1. The quantitative estimate of drug-likeness (QED) is 0.776. The third kappa shape index (κ3) is 2.93. The van der Waals surface area contributed by atoms with Crippen molar-refractivity contribution in [2.24, 2.45) is 5.73 Å². The maximum Gasteiger partial charge on any atom is 0.242 e. The van der Waals surface area contributed by atoms with Crippen molar-refractivity contribution in [3.05, 3.63) is 29.8 Å². The lowest BCUT2D eigenvalue weighted by atomic mass is 10.1. The van der Waals surface area contributed by atoms with Crippen molar-refractivity contribution in [3.8, 4) is 0 Å². The van der Waals surface area contributed by atoms with Crippen LogP contribution in [0.4, 0.5) is 5.69 Å². The minimum Gasteiger partial charge on any atom is -0.358 e. The van der Waals surface area contributed by atoms with Crippen LogP contribution in [0.5, 0.6) is 0 Å². The van der Waals surface area contributed by atoms with Gasteiger partial charge < -0.3 is 16.0 Å². The first-order valence-corrected chi connectivity index (χ1v) is 6.49. The fraction of sp³-hybridized carbons (Fsp3) is 0.429. The molecule has 2 rings (SSSR count). The van der Waals surface area contributed by atoms with E-state index in [0.717, 1.165) is 12.2 Å². The van der Waals surface area contributed by atoms with E-state index in [1.807, 2.05) is 12.1 Å². The molecule has 1 amide bonds. The van der Waals surface area contributed by atoms with Crippen LogP contribution in [0.1, 0.15) is 23.7 Å². The van der Waals surface area contributed by atoms with Crippen LogP contribution >= 0.6 is 0 Å². The first-order chi connectivity index (χ1) is 9.13. The summed E-state index contributed by atoms with van der Waals surface area (Å²) < 4.78 is 0. The average molecular weight is 261 g/mol. The van der Waals surface area contributed by atoms with Gasteiger partial charge in [-0.15, -0.1) is 0 Å². The van der Waals surface area contributed by atoms with Crippen molar-refractivity contribution in [1.29, 1.82) is 0 Å². The Balaban J connectivity index is 2.22. The van der Waals surface area contributed by atoms with E-state index in [1.165, 1.54) is 0 Å². The second kappa shape index (κ2) is 5.84. The molecule has 1 aliphatic rings. The van der Waals surface area contributed by atoms with Gasteiger partial charge in [-0.1, -0.05) is 0 Å². The molecule has 0 aromatic heterocycles. The van der Waals surface area contributed by atoms with E-state index in [0.29, 0.717) is 25.1 Å². The molecule has 0 aliphatic carbocycles. The zero-order valence-electron chi connectivity index (χ0n) is 11.1. The summed E-state index contributed by atoms with van der Waals surface area (Å²) >= 11 is 0. The van der Waals surface area contributed by atoms with Crippen molar-refractivity contribution in [1.82, 2.24) is 5.32 Å². The van der Waals surface area contributed by atoms with Crippen LogP contribution in [0, 0.1) is 0 Å². The van der Waals surface area contributed by atoms with Gasteiger partial charge in [-0.3, -0.25) is 9.59 Å². The second-order valence-electron chi connectivity index (χ2n) is 4.68. The fourth-order valence-corrected chi connectivity index (χ4v) is 2.36. The molecule has 3 N–H and O–H groups in total. The molecule has 1 heterocycles. The van der Waals surface area contributed by atoms with E-state index in [1.54, 1.807) is 19.1 Å². The summed E-state index contributed by atoms with van der Waals surface area (Å²) in [7, 11) is 0. The summed E-state index contributed by atoms with van der Waals surface area (Å²) in [5.41, 5.74) is 7.21. The normalized spacial score (nSPS) is 19.2. The maximum atomic E-state index is 11.9. The number of hydrogen-bond acceptors (Lipinski definition) is 4. The fourth-order valence-electron chi connectivity index (χ4n) is 2.36. The molecular formula is C14H19N3O2. The number of piperazine rings is 1. The van der Waals surface area contributed by atoms with Crippen LogP contribution in [0.2, 0.25) is 0 Å². The van der Waals surface area contributed by atoms with Crippen LogP contribution in [0.25, 0.3) is 0 Å². The Morgan fingerprint density at radius 2 is 2.11 bits per heavy atom. The number of carbonyl (C=O) groups excluding carboxylic acids is 2. The molecule has 0 spiro atoms. The zero-order chi connectivity index (χ0) is 13.8. The Morgan fingerprint density at radius 1 is 1.42 bits per heavy atom.